The Morgan fingerprint density at radius 3 is 1.74 bits per heavy atom. The van der Waals surface area contributed by atoms with Gasteiger partial charge in [0, 0.05) is 0 Å². The topological polar surface area (TPSA) is 9.23 Å². The minimum Gasteiger partial charge on any atom is -0.399 e. The molecule has 7 heteroatoms. The van der Waals surface area contributed by atoms with Crippen molar-refractivity contribution < 1.29 is 31.1 Å². The molecule has 3 rings (SSSR count). The van der Waals surface area contributed by atoms with E-state index in [0.29, 0.717) is 17.9 Å². The fourth-order valence-electron chi connectivity index (χ4n) is 5.92. The number of hydrogen-bond acceptors (Lipinski definition) is 1. The minimum absolute atomic E-state index is 0.0301. The molecule has 2 aliphatic rings. The molecule has 2 saturated carbocycles. The van der Waals surface area contributed by atoms with Crippen molar-refractivity contribution >= 4 is 0 Å². The molecule has 0 spiro atoms. The zero-order valence-corrected chi connectivity index (χ0v) is 20.4. The smallest absolute Gasteiger partial charge is 0.399 e. The first-order valence-electron chi connectivity index (χ1n) is 13.2. The van der Waals surface area contributed by atoms with Crippen molar-refractivity contribution in [2.45, 2.75) is 102 Å². The van der Waals surface area contributed by atoms with Crippen molar-refractivity contribution in [3.8, 4) is 5.75 Å². The predicted octanol–water partition coefficient (Wildman–Crippen LogP) is 9.81. The van der Waals surface area contributed by atoms with Crippen LogP contribution in [0.3, 0.4) is 0 Å². The number of halogens is 6. The first-order valence-corrected chi connectivity index (χ1v) is 13.2. The van der Waals surface area contributed by atoms with Gasteiger partial charge in [-0.2, -0.15) is 0 Å². The van der Waals surface area contributed by atoms with Crippen molar-refractivity contribution in [1.82, 2.24) is 0 Å². The monoisotopic (exact) mass is 504 g/mol. The van der Waals surface area contributed by atoms with Gasteiger partial charge in [-0.1, -0.05) is 57.1 Å². The lowest BCUT2D eigenvalue weighted by Crippen LogP contribution is -2.20. The summed E-state index contributed by atoms with van der Waals surface area (Å²) in [5.74, 6) is -1.79. The summed E-state index contributed by atoms with van der Waals surface area (Å²) in [6.45, 7) is -0.278. The van der Waals surface area contributed by atoms with Gasteiger partial charge in [0.05, 0.1) is 6.67 Å². The molecule has 0 aromatic heterocycles. The Hall–Kier alpha value is -1.66. The molecule has 2 fully saturated rings. The van der Waals surface area contributed by atoms with Crippen LogP contribution in [0.25, 0.3) is 0 Å². The van der Waals surface area contributed by atoms with Gasteiger partial charge in [-0.3, -0.25) is 4.39 Å². The van der Waals surface area contributed by atoms with Crippen LogP contribution in [0, 0.1) is 29.4 Å². The molecule has 0 bridgehead atoms. The van der Waals surface area contributed by atoms with E-state index < -0.39 is 23.7 Å². The van der Waals surface area contributed by atoms with Crippen LogP contribution < -0.4 is 4.74 Å². The lowest BCUT2D eigenvalue weighted by molar-refractivity contribution is -0.276. The van der Waals surface area contributed by atoms with E-state index in [9.17, 15) is 26.3 Å². The highest BCUT2D eigenvalue weighted by molar-refractivity contribution is 5.33. The number of alkyl halides is 4. The van der Waals surface area contributed by atoms with Gasteiger partial charge in [-0.05, 0) is 86.3 Å². The van der Waals surface area contributed by atoms with Crippen LogP contribution in [-0.2, 0) is 0 Å². The van der Waals surface area contributed by atoms with Gasteiger partial charge in [-0.15, -0.1) is 13.2 Å². The first kappa shape index (κ1) is 27.9. The summed E-state index contributed by atoms with van der Waals surface area (Å²) in [5, 5.41) is 0. The third-order valence-electron chi connectivity index (χ3n) is 7.93. The normalized spacial score (nSPS) is 25.8. The zero-order valence-electron chi connectivity index (χ0n) is 20.4. The van der Waals surface area contributed by atoms with Gasteiger partial charge < -0.3 is 4.74 Å². The third-order valence-corrected chi connectivity index (χ3v) is 7.93. The predicted molar refractivity (Wildman–Crippen MR) is 126 cm³/mol. The minimum atomic E-state index is -5.13. The Morgan fingerprint density at radius 1 is 0.743 bits per heavy atom. The second-order valence-corrected chi connectivity index (χ2v) is 10.4. The van der Waals surface area contributed by atoms with E-state index in [1.54, 1.807) is 0 Å². The molecule has 198 valence electrons. The molecule has 0 saturated heterocycles. The number of allylic oxidation sites excluding steroid dienone is 2. The molecule has 0 radical (unpaired) electrons. The van der Waals surface area contributed by atoms with E-state index in [4.69, 9.17) is 0 Å². The summed E-state index contributed by atoms with van der Waals surface area (Å²) in [6, 6.07) is 1.99. The maximum Gasteiger partial charge on any atom is 0.573 e. The molecule has 2 aliphatic carbocycles. The van der Waals surface area contributed by atoms with Gasteiger partial charge in [0.2, 0.25) is 5.75 Å². The molecule has 1 aromatic carbocycles. The molecule has 0 heterocycles. The van der Waals surface area contributed by atoms with E-state index in [1.807, 2.05) is 6.08 Å². The Morgan fingerprint density at radius 2 is 1.23 bits per heavy atom. The van der Waals surface area contributed by atoms with Crippen LogP contribution >= 0.6 is 0 Å². The number of ether oxygens (including phenoxy) is 1. The fourth-order valence-corrected chi connectivity index (χ4v) is 5.92. The summed E-state index contributed by atoms with van der Waals surface area (Å²) in [6.07, 6.45) is 14.1. The van der Waals surface area contributed by atoms with E-state index in [-0.39, 0.29) is 12.6 Å². The average molecular weight is 505 g/mol. The maximum absolute atomic E-state index is 14.1. The molecule has 0 unspecified atom stereocenters. The number of rotatable bonds is 11. The Balaban J connectivity index is 1.34. The van der Waals surface area contributed by atoms with Gasteiger partial charge in [0.15, 0.2) is 11.6 Å². The van der Waals surface area contributed by atoms with Crippen LogP contribution in [-0.4, -0.2) is 13.0 Å². The van der Waals surface area contributed by atoms with E-state index in [1.165, 1.54) is 51.4 Å². The van der Waals surface area contributed by atoms with Crippen molar-refractivity contribution in [2.75, 3.05) is 6.67 Å². The molecule has 35 heavy (non-hydrogen) atoms. The second-order valence-electron chi connectivity index (χ2n) is 10.4. The van der Waals surface area contributed by atoms with Crippen LogP contribution in [0.2, 0.25) is 0 Å². The van der Waals surface area contributed by atoms with Gasteiger partial charge in [0.25, 0.3) is 0 Å². The average Bonchev–Trinajstić information content (AvgIpc) is 2.82. The summed E-state index contributed by atoms with van der Waals surface area (Å²) in [5.41, 5.74) is 0.421. The lowest BCUT2D eigenvalue weighted by atomic mass is 9.74. The van der Waals surface area contributed by atoms with Crippen LogP contribution in [0.5, 0.6) is 5.75 Å². The highest BCUT2D eigenvalue weighted by Crippen LogP contribution is 2.41. The van der Waals surface area contributed by atoms with Crippen molar-refractivity contribution in [1.29, 1.82) is 0 Å². The summed E-state index contributed by atoms with van der Waals surface area (Å²) in [4.78, 5) is 0. The molecule has 1 aromatic rings. The van der Waals surface area contributed by atoms with E-state index >= 15 is 0 Å². The van der Waals surface area contributed by atoms with Crippen molar-refractivity contribution in [3.63, 3.8) is 0 Å². The molecule has 1 nitrogen and oxygen atoms in total. The highest BCUT2D eigenvalue weighted by Gasteiger charge is 2.35. The van der Waals surface area contributed by atoms with E-state index in [0.717, 1.165) is 56.1 Å². The Bertz CT molecular complexity index is 766. The second kappa shape index (κ2) is 13.6. The van der Waals surface area contributed by atoms with Crippen molar-refractivity contribution in [2.24, 2.45) is 17.8 Å². The molecule has 0 aliphatic heterocycles. The third kappa shape index (κ3) is 9.38. The van der Waals surface area contributed by atoms with Gasteiger partial charge in [0.1, 0.15) is 0 Å². The van der Waals surface area contributed by atoms with Crippen molar-refractivity contribution in [3.05, 3.63) is 41.5 Å². The van der Waals surface area contributed by atoms with Gasteiger partial charge in [-0.25, -0.2) is 8.78 Å². The first-order chi connectivity index (χ1) is 16.7. The zero-order chi connectivity index (χ0) is 25.3. The summed E-state index contributed by atoms with van der Waals surface area (Å²) < 4.78 is 80.8. The maximum atomic E-state index is 14.1. The number of unbranched alkanes of at least 4 members (excludes halogenated alkanes) is 1. The van der Waals surface area contributed by atoms with Crippen LogP contribution in [0.4, 0.5) is 26.3 Å². The highest BCUT2D eigenvalue weighted by atomic mass is 19.4. The number of benzene rings is 1. The standard InChI is InChI=1S/C28H38F6O/c29-17-5-3-1-2-4-6-20-7-9-21(10-8-20)11-12-22-13-15-23(16-14-22)24-18-25(30)27(26(31)19-24)35-28(32,33)34/h1,3,18-23H,2,4-17H2. The van der Waals surface area contributed by atoms with Crippen LogP contribution in [0.1, 0.15) is 101 Å². The summed E-state index contributed by atoms with van der Waals surface area (Å²) >= 11 is 0. The lowest BCUT2D eigenvalue weighted by Gasteiger charge is -2.32. The van der Waals surface area contributed by atoms with Gasteiger partial charge >= 0.3 is 6.36 Å². The number of hydrogen-bond donors (Lipinski definition) is 0. The Labute approximate surface area is 205 Å². The molecule has 0 N–H and O–H groups in total. The molecular formula is C28H38F6O. The fraction of sp³-hybridized carbons (Fsp3) is 0.714. The summed E-state index contributed by atoms with van der Waals surface area (Å²) in [7, 11) is 0. The quantitative estimate of drug-likeness (QED) is 0.166. The van der Waals surface area contributed by atoms with Crippen LogP contribution in [0.15, 0.2) is 24.3 Å². The Kier molecular flexibility index (Phi) is 10.8. The SMILES string of the molecule is FCCC=CCCCC1CCC(CCC2CCC(c3cc(F)c(OC(F)(F)F)c(F)c3)CC2)CC1. The molecular weight excluding hydrogens is 466 g/mol. The van der Waals surface area contributed by atoms with E-state index in [2.05, 4.69) is 10.8 Å². The molecule has 0 atom stereocenters. The largest absolute Gasteiger partial charge is 0.573 e. The molecule has 0 amide bonds.